The second-order valence-electron chi connectivity index (χ2n) is 10.1. The number of carbonyl (C=O) groups is 2. The van der Waals surface area contributed by atoms with Crippen molar-refractivity contribution in [1.29, 1.82) is 0 Å². The number of nitro groups is 1. The number of carbonyl (C=O) groups excluding carboxylic acids is 2. The van der Waals surface area contributed by atoms with Gasteiger partial charge in [-0.25, -0.2) is 4.79 Å². The Morgan fingerprint density at radius 1 is 1.00 bits per heavy atom. The van der Waals surface area contributed by atoms with Gasteiger partial charge < -0.3 is 14.6 Å². The van der Waals surface area contributed by atoms with E-state index < -0.39 is 17.0 Å². The fourth-order valence-corrected chi connectivity index (χ4v) is 5.75. The molecule has 39 heavy (non-hydrogen) atoms. The number of nitro benzene ring substituents is 1. The van der Waals surface area contributed by atoms with Crippen LogP contribution in [0.5, 0.6) is 0 Å². The zero-order chi connectivity index (χ0) is 26.9. The molecule has 2 N–H and O–H groups in total. The lowest BCUT2D eigenvalue weighted by atomic mass is 9.89. The van der Waals surface area contributed by atoms with Crippen molar-refractivity contribution in [2.75, 3.05) is 6.54 Å². The molecule has 1 aromatic heterocycles. The van der Waals surface area contributed by atoms with E-state index in [4.69, 9.17) is 4.74 Å². The van der Waals surface area contributed by atoms with E-state index in [2.05, 4.69) is 10.3 Å². The first-order valence-corrected chi connectivity index (χ1v) is 13.1. The van der Waals surface area contributed by atoms with Gasteiger partial charge in [-0.1, -0.05) is 60.7 Å². The summed E-state index contributed by atoms with van der Waals surface area (Å²) in [6.45, 7) is 0.659. The first kappa shape index (κ1) is 24.8. The highest BCUT2D eigenvalue weighted by Crippen LogP contribution is 2.36. The van der Waals surface area contributed by atoms with Gasteiger partial charge >= 0.3 is 5.97 Å². The predicted octanol–water partition coefficient (Wildman–Crippen LogP) is 4.41. The van der Waals surface area contributed by atoms with E-state index in [0.717, 1.165) is 39.7 Å². The molecule has 0 bridgehead atoms. The summed E-state index contributed by atoms with van der Waals surface area (Å²) in [6.07, 6.45) is 1.76. The molecule has 2 aliphatic heterocycles. The zero-order valence-electron chi connectivity index (χ0n) is 21.2. The van der Waals surface area contributed by atoms with Crippen LogP contribution in [0, 0.1) is 10.1 Å². The average molecular weight is 525 g/mol. The molecular formula is C30H28N4O5. The Kier molecular flexibility index (Phi) is 6.58. The Balaban J connectivity index is 1.27. The van der Waals surface area contributed by atoms with Crippen molar-refractivity contribution >= 4 is 28.5 Å². The highest BCUT2D eigenvalue weighted by atomic mass is 16.6. The number of amides is 1. The zero-order valence-corrected chi connectivity index (χ0v) is 21.2. The smallest absolute Gasteiger partial charge is 0.329 e. The van der Waals surface area contributed by atoms with E-state index in [9.17, 15) is 19.7 Å². The van der Waals surface area contributed by atoms with Crippen molar-refractivity contribution in [3.63, 3.8) is 0 Å². The molecule has 1 amide bonds. The molecule has 6 rings (SSSR count). The first-order valence-electron chi connectivity index (χ1n) is 13.1. The third-order valence-electron chi connectivity index (χ3n) is 7.68. The Morgan fingerprint density at radius 3 is 2.51 bits per heavy atom. The molecule has 4 aromatic rings. The summed E-state index contributed by atoms with van der Waals surface area (Å²) in [5.41, 5.74) is 4.66. The number of aromatic nitrogens is 1. The van der Waals surface area contributed by atoms with E-state index in [0.29, 0.717) is 19.4 Å². The number of likely N-dealkylation sites (tertiary alicyclic amines) is 1. The normalized spacial score (nSPS) is 20.5. The number of rotatable bonds is 6. The van der Waals surface area contributed by atoms with Crippen LogP contribution in [-0.4, -0.2) is 45.3 Å². The number of para-hydroxylation sites is 1. The van der Waals surface area contributed by atoms with E-state index in [1.165, 1.54) is 12.1 Å². The molecule has 0 unspecified atom stereocenters. The lowest BCUT2D eigenvalue weighted by molar-refractivity contribution is -0.384. The van der Waals surface area contributed by atoms with Crippen molar-refractivity contribution in [3.8, 4) is 0 Å². The van der Waals surface area contributed by atoms with Crippen LogP contribution < -0.4 is 5.32 Å². The van der Waals surface area contributed by atoms with Crippen molar-refractivity contribution in [1.82, 2.24) is 15.2 Å². The van der Waals surface area contributed by atoms with Crippen LogP contribution in [0.15, 0.2) is 78.9 Å². The Hall–Kier alpha value is -4.50. The third kappa shape index (κ3) is 4.77. The Bertz CT molecular complexity index is 1530. The molecule has 9 heteroatoms. The second-order valence-corrected chi connectivity index (χ2v) is 10.1. The minimum Gasteiger partial charge on any atom is -0.459 e. The maximum absolute atomic E-state index is 13.9. The van der Waals surface area contributed by atoms with Gasteiger partial charge in [0, 0.05) is 35.3 Å². The number of benzene rings is 3. The summed E-state index contributed by atoms with van der Waals surface area (Å²) >= 11 is 0. The second kappa shape index (κ2) is 10.3. The fraction of sp³-hybridized carbons (Fsp3) is 0.267. The fourth-order valence-electron chi connectivity index (χ4n) is 5.75. The van der Waals surface area contributed by atoms with Gasteiger partial charge in [-0.3, -0.25) is 20.2 Å². The number of fused-ring (bicyclic) bond motifs is 3. The van der Waals surface area contributed by atoms with Gasteiger partial charge in [0.1, 0.15) is 12.6 Å². The molecule has 3 heterocycles. The quantitative estimate of drug-likeness (QED) is 0.219. The van der Waals surface area contributed by atoms with Crippen LogP contribution in [0.4, 0.5) is 5.69 Å². The highest BCUT2D eigenvalue weighted by molar-refractivity contribution is 5.91. The molecule has 0 saturated carbocycles. The van der Waals surface area contributed by atoms with Crippen LogP contribution in [-0.2, 0) is 27.4 Å². The van der Waals surface area contributed by atoms with E-state index in [-0.39, 0.29) is 30.2 Å². The van der Waals surface area contributed by atoms with Crippen LogP contribution in [0.3, 0.4) is 0 Å². The molecular weight excluding hydrogens is 496 g/mol. The summed E-state index contributed by atoms with van der Waals surface area (Å²) < 4.78 is 5.59. The molecule has 3 atom stereocenters. The average Bonchev–Trinajstić information content (AvgIpc) is 3.61. The van der Waals surface area contributed by atoms with Gasteiger partial charge in [-0.2, -0.15) is 0 Å². The van der Waals surface area contributed by atoms with E-state index in [1.54, 1.807) is 17.0 Å². The molecule has 2 aliphatic rings. The number of nitrogens with zero attached hydrogens (tertiary/aromatic N) is 2. The molecule has 3 aromatic carbocycles. The van der Waals surface area contributed by atoms with Crippen molar-refractivity contribution in [2.45, 2.75) is 44.0 Å². The van der Waals surface area contributed by atoms with Gasteiger partial charge in [0.25, 0.3) is 5.69 Å². The lowest BCUT2D eigenvalue weighted by Crippen LogP contribution is -2.53. The van der Waals surface area contributed by atoms with Gasteiger partial charge in [-0.05, 0) is 42.0 Å². The van der Waals surface area contributed by atoms with E-state index in [1.807, 2.05) is 54.6 Å². The monoisotopic (exact) mass is 524 g/mol. The molecule has 1 saturated heterocycles. The van der Waals surface area contributed by atoms with Crippen LogP contribution in [0.2, 0.25) is 0 Å². The minimum absolute atomic E-state index is 0.00739. The van der Waals surface area contributed by atoms with Gasteiger partial charge in [0.05, 0.1) is 17.0 Å². The minimum atomic E-state index is -0.620. The Morgan fingerprint density at radius 2 is 1.74 bits per heavy atom. The third-order valence-corrected chi connectivity index (χ3v) is 7.68. The molecule has 1 fully saturated rings. The molecule has 198 valence electrons. The summed E-state index contributed by atoms with van der Waals surface area (Å²) in [7, 11) is 0. The van der Waals surface area contributed by atoms with Crippen molar-refractivity contribution in [3.05, 3.63) is 111 Å². The summed E-state index contributed by atoms with van der Waals surface area (Å²) in [6, 6.07) is 22.3. The number of esters is 1. The van der Waals surface area contributed by atoms with Crippen molar-refractivity contribution in [2.24, 2.45) is 0 Å². The van der Waals surface area contributed by atoms with E-state index >= 15 is 0 Å². The number of H-pyrrole nitrogens is 1. The van der Waals surface area contributed by atoms with Crippen molar-refractivity contribution < 1.29 is 19.2 Å². The summed E-state index contributed by atoms with van der Waals surface area (Å²) in [5, 5.41) is 15.7. The topological polar surface area (TPSA) is 118 Å². The maximum Gasteiger partial charge on any atom is 0.329 e. The van der Waals surface area contributed by atoms with Crippen LogP contribution in [0.1, 0.15) is 41.3 Å². The lowest BCUT2D eigenvalue weighted by Gasteiger charge is -2.34. The number of ether oxygens (including phenoxy) is 1. The summed E-state index contributed by atoms with van der Waals surface area (Å²) in [4.78, 5) is 42.9. The van der Waals surface area contributed by atoms with Gasteiger partial charge in [-0.15, -0.1) is 0 Å². The largest absolute Gasteiger partial charge is 0.459 e. The number of nitrogens with one attached hydrogen (secondary N) is 2. The number of aromatic amines is 1. The number of non-ortho nitro benzene ring substituents is 1. The molecule has 0 spiro atoms. The molecule has 0 radical (unpaired) electrons. The number of hydrogen-bond donors (Lipinski definition) is 2. The van der Waals surface area contributed by atoms with Crippen LogP contribution in [0.25, 0.3) is 10.9 Å². The standard InChI is InChI=1S/C30H28N4O5/c35-29(33-16-6-11-26(33)30(36)39-18-19-7-2-1-3-8-19)25-17-23-22-9-4-5-10-24(22)31-28(23)27(32-25)20-12-14-21(15-13-20)34(37)38/h1-5,7-10,12-15,25-27,31-32H,6,11,16-18H2/t25-,26-,27-/m0/s1. The van der Waals surface area contributed by atoms with Crippen LogP contribution >= 0.6 is 0 Å². The maximum atomic E-state index is 13.9. The Labute approximate surface area is 224 Å². The van der Waals surface area contributed by atoms with Gasteiger partial charge in [0.15, 0.2) is 0 Å². The summed E-state index contributed by atoms with van der Waals surface area (Å²) in [5.74, 6) is -0.530. The van der Waals surface area contributed by atoms with Gasteiger partial charge in [0.2, 0.25) is 5.91 Å². The SMILES string of the molecule is O=C(OCc1ccccc1)[C@@H]1CCCN1C(=O)[C@@H]1Cc2c([nH]c3ccccc23)[C@H](c2ccc([N+](=O)[O-])cc2)N1. The highest BCUT2D eigenvalue weighted by Gasteiger charge is 2.41. The molecule has 9 nitrogen and oxygen atoms in total. The first-order chi connectivity index (χ1) is 19.0. The predicted molar refractivity (Wildman–Crippen MR) is 145 cm³/mol. The molecule has 0 aliphatic carbocycles. The number of hydrogen-bond acceptors (Lipinski definition) is 6.